The van der Waals surface area contributed by atoms with Gasteiger partial charge < -0.3 is 10.1 Å². The normalized spacial score (nSPS) is 10.2. The number of carbonyl (C=O) groups is 1. The number of carbonyl (C=O) groups excluding carboxylic acids is 1. The molecule has 0 saturated carbocycles. The first-order chi connectivity index (χ1) is 10.1. The first kappa shape index (κ1) is 15.3. The van der Waals surface area contributed by atoms with Gasteiger partial charge in [0.1, 0.15) is 11.6 Å². The molecule has 110 valence electrons. The zero-order valence-electron chi connectivity index (χ0n) is 11.3. The van der Waals surface area contributed by atoms with Crippen molar-refractivity contribution in [2.24, 2.45) is 0 Å². The molecule has 2 aromatic carbocycles. The maximum atomic E-state index is 12.7. The van der Waals surface area contributed by atoms with Gasteiger partial charge in [-0.1, -0.05) is 35.9 Å². The van der Waals surface area contributed by atoms with Crippen LogP contribution in [0.25, 0.3) is 0 Å². The molecule has 0 spiro atoms. The Morgan fingerprint density at radius 2 is 1.86 bits per heavy atom. The van der Waals surface area contributed by atoms with Gasteiger partial charge in [-0.15, -0.1) is 0 Å². The number of hydrogen-bond acceptors (Lipinski definition) is 2. The van der Waals surface area contributed by atoms with Gasteiger partial charge in [-0.3, -0.25) is 4.79 Å². The van der Waals surface area contributed by atoms with Crippen LogP contribution in [0, 0.1) is 5.82 Å². The lowest BCUT2D eigenvalue weighted by molar-refractivity contribution is -0.121. The Bertz CT molecular complexity index is 601. The average molecular weight is 308 g/mol. The van der Waals surface area contributed by atoms with Crippen LogP contribution in [-0.2, 0) is 11.3 Å². The van der Waals surface area contributed by atoms with E-state index in [0.29, 0.717) is 17.3 Å². The SMILES string of the molecule is O=C(CCOc1ccccc1Cl)NCc1ccc(F)cc1. The minimum atomic E-state index is -0.293. The second-order valence-electron chi connectivity index (χ2n) is 4.43. The summed E-state index contributed by atoms with van der Waals surface area (Å²) in [7, 11) is 0. The van der Waals surface area contributed by atoms with Crippen molar-refractivity contribution >= 4 is 17.5 Å². The minimum absolute atomic E-state index is 0.133. The highest BCUT2D eigenvalue weighted by molar-refractivity contribution is 6.32. The van der Waals surface area contributed by atoms with Crippen LogP contribution < -0.4 is 10.1 Å². The Labute approximate surface area is 127 Å². The molecule has 0 heterocycles. The van der Waals surface area contributed by atoms with E-state index < -0.39 is 0 Å². The quantitative estimate of drug-likeness (QED) is 0.886. The van der Waals surface area contributed by atoms with E-state index in [-0.39, 0.29) is 24.8 Å². The third-order valence-corrected chi connectivity index (χ3v) is 3.14. The number of amides is 1. The summed E-state index contributed by atoms with van der Waals surface area (Å²) in [5.41, 5.74) is 0.844. The van der Waals surface area contributed by atoms with Crippen LogP contribution in [-0.4, -0.2) is 12.5 Å². The summed E-state index contributed by atoms with van der Waals surface area (Å²) in [5, 5.41) is 3.26. The van der Waals surface area contributed by atoms with Gasteiger partial charge in [0.25, 0.3) is 0 Å². The lowest BCUT2D eigenvalue weighted by atomic mass is 10.2. The van der Waals surface area contributed by atoms with Crippen molar-refractivity contribution in [2.45, 2.75) is 13.0 Å². The average Bonchev–Trinajstić information content (AvgIpc) is 2.49. The van der Waals surface area contributed by atoms with Gasteiger partial charge in [0.05, 0.1) is 18.1 Å². The van der Waals surface area contributed by atoms with Gasteiger partial charge in [0.15, 0.2) is 0 Å². The van der Waals surface area contributed by atoms with Crippen LogP contribution in [0.4, 0.5) is 4.39 Å². The fourth-order valence-electron chi connectivity index (χ4n) is 1.71. The van der Waals surface area contributed by atoms with Crippen molar-refractivity contribution in [3.63, 3.8) is 0 Å². The number of halogens is 2. The number of para-hydroxylation sites is 1. The Morgan fingerprint density at radius 3 is 2.57 bits per heavy atom. The summed E-state index contributed by atoms with van der Waals surface area (Å²) < 4.78 is 18.2. The number of ether oxygens (including phenoxy) is 1. The standard InChI is InChI=1S/C16H15ClFNO2/c17-14-3-1-2-4-15(14)21-10-9-16(20)19-11-12-5-7-13(18)8-6-12/h1-8H,9-11H2,(H,19,20). The van der Waals surface area contributed by atoms with Crippen LogP contribution in [0.2, 0.25) is 5.02 Å². The van der Waals surface area contributed by atoms with Gasteiger partial charge in [0, 0.05) is 6.54 Å². The maximum Gasteiger partial charge on any atom is 0.223 e. The molecule has 0 aliphatic carbocycles. The summed E-state index contributed by atoms with van der Waals surface area (Å²) in [4.78, 5) is 11.7. The highest BCUT2D eigenvalue weighted by Crippen LogP contribution is 2.22. The summed E-state index contributed by atoms with van der Waals surface area (Å²) >= 11 is 5.94. The molecule has 0 atom stereocenters. The Hall–Kier alpha value is -2.07. The number of hydrogen-bond donors (Lipinski definition) is 1. The molecular weight excluding hydrogens is 293 g/mol. The van der Waals surface area contributed by atoms with Gasteiger partial charge >= 0.3 is 0 Å². The molecule has 5 heteroatoms. The zero-order chi connectivity index (χ0) is 15.1. The van der Waals surface area contributed by atoms with Crippen LogP contribution >= 0.6 is 11.6 Å². The zero-order valence-corrected chi connectivity index (χ0v) is 12.1. The van der Waals surface area contributed by atoms with Crippen LogP contribution in [0.5, 0.6) is 5.75 Å². The number of nitrogens with one attached hydrogen (secondary N) is 1. The molecule has 2 rings (SSSR count). The van der Waals surface area contributed by atoms with E-state index in [1.54, 1.807) is 24.3 Å². The number of benzene rings is 2. The van der Waals surface area contributed by atoms with E-state index in [1.165, 1.54) is 12.1 Å². The topological polar surface area (TPSA) is 38.3 Å². The third kappa shape index (κ3) is 5.08. The highest BCUT2D eigenvalue weighted by Gasteiger charge is 2.04. The van der Waals surface area contributed by atoms with Crippen molar-refractivity contribution in [1.29, 1.82) is 0 Å². The lowest BCUT2D eigenvalue weighted by Gasteiger charge is -2.08. The summed E-state index contributed by atoms with van der Waals surface area (Å²) in [6.45, 7) is 0.615. The van der Waals surface area contributed by atoms with Gasteiger partial charge in [-0.05, 0) is 29.8 Å². The molecule has 1 amide bonds. The van der Waals surface area contributed by atoms with E-state index in [4.69, 9.17) is 16.3 Å². The van der Waals surface area contributed by atoms with E-state index in [1.807, 2.05) is 12.1 Å². The summed E-state index contributed by atoms with van der Waals surface area (Å²) in [6.07, 6.45) is 0.229. The second-order valence-corrected chi connectivity index (χ2v) is 4.84. The second kappa shape index (κ2) is 7.64. The molecule has 0 aromatic heterocycles. The van der Waals surface area contributed by atoms with Crippen LogP contribution in [0.3, 0.4) is 0 Å². The van der Waals surface area contributed by atoms with Crippen molar-refractivity contribution < 1.29 is 13.9 Å². The maximum absolute atomic E-state index is 12.7. The Balaban J connectivity index is 1.70. The minimum Gasteiger partial charge on any atom is -0.491 e. The third-order valence-electron chi connectivity index (χ3n) is 2.83. The summed E-state index contributed by atoms with van der Waals surface area (Å²) in [6, 6.07) is 13.1. The van der Waals surface area contributed by atoms with Crippen molar-refractivity contribution in [3.8, 4) is 5.75 Å². The van der Waals surface area contributed by atoms with Gasteiger partial charge in [-0.25, -0.2) is 4.39 Å². The van der Waals surface area contributed by atoms with Crippen LogP contribution in [0.1, 0.15) is 12.0 Å². The summed E-state index contributed by atoms with van der Waals surface area (Å²) in [5.74, 6) is 0.134. The number of rotatable bonds is 6. The first-order valence-corrected chi connectivity index (χ1v) is 6.91. The van der Waals surface area contributed by atoms with Crippen LogP contribution in [0.15, 0.2) is 48.5 Å². The fraction of sp³-hybridized carbons (Fsp3) is 0.188. The Morgan fingerprint density at radius 1 is 1.14 bits per heavy atom. The molecule has 3 nitrogen and oxygen atoms in total. The smallest absolute Gasteiger partial charge is 0.223 e. The van der Waals surface area contributed by atoms with Gasteiger partial charge in [0.2, 0.25) is 5.91 Å². The highest BCUT2D eigenvalue weighted by atomic mass is 35.5. The van der Waals surface area contributed by atoms with Crippen molar-refractivity contribution in [3.05, 3.63) is 64.9 Å². The van der Waals surface area contributed by atoms with Crippen molar-refractivity contribution in [2.75, 3.05) is 6.61 Å². The van der Waals surface area contributed by atoms with E-state index in [9.17, 15) is 9.18 Å². The van der Waals surface area contributed by atoms with E-state index in [2.05, 4.69) is 5.32 Å². The molecule has 0 unspecified atom stereocenters. The monoisotopic (exact) mass is 307 g/mol. The molecule has 21 heavy (non-hydrogen) atoms. The van der Waals surface area contributed by atoms with E-state index in [0.717, 1.165) is 5.56 Å². The predicted molar refractivity (Wildman–Crippen MR) is 79.8 cm³/mol. The lowest BCUT2D eigenvalue weighted by Crippen LogP contribution is -2.24. The van der Waals surface area contributed by atoms with E-state index >= 15 is 0 Å². The molecule has 1 N–H and O–H groups in total. The molecule has 0 bridgehead atoms. The molecule has 0 aliphatic heterocycles. The Kier molecular flexibility index (Phi) is 5.58. The van der Waals surface area contributed by atoms with Crippen molar-refractivity contribution in [1.82, 2.24) is 5.32 Å². The predicted octanol–water partition coefficient (Wildman–Crippen LogP) is 3.56. The largest absolute Gasteiger partial charge is 0.491 e. The first-order valence-electron chi connectivity index (χ1n) is 6.53. The molecule has 2 aromatic rings. The molecular formula is C16H15ClFNO2. The molecule has 0 radical (unpaired) electrons. The molecule has 0 fully saturated rings. The molecule has 0 aliphatic rings. The van der Waals surface area contributed by atoms with Gasteiger partial charge in [-0.2, -0.15) is 0 Å². The fourth-order valence-corrected chi connectivity index (χ4v) is 1.90. The molecule has 0 saturated heterocycles.